The van der Waals surface area contributed by atoms with Gasteiger partial charge >= 0.3 is 0 Å². The van der Waals surface area contributed by atoms with E-state index in [-0.39, 0.29) is 5.41 Å². The molecule has 0 spiro atoms. The van der Waals surface area contributed by atoms with E-state index in [9.17, 15) is 0 Å². The first-order valence-electron chi connectivity index (χ1n) is 9.16. The third-order valence-electron chi connectivity index (χ3n) is 4.79. The Balaban J connectivity index is 1.67. The van der Waals surface area contributed by atoms with Crippen LogP contribution in [0.2, 0.25) is 0 Å². The number of aromatic amines is 1. The first kappa shape index (κ1) is 18.4. The molecule has 0 bridgehead atoms. The van der Waals surface area contributed by atoms with Crippen LogP contribution in [0.3, 0.4) is 0 Å². The monoisotopic (exact) mass is 351 g/mol. The summed E-state index contributed by atoms with van der Waals surface area (Å²) in [5.41, 5.74) is 7.35. The zero-order chi connectivity index (χ0) is 18.7. The fourth-order valence-corrected chi connectivity index (χ4v) is 3.32. The summed E-state index contributed by atoms with van der Waals surface area (Å²) in [4.78, 5) is 0. The van der Waals surface area contributed by atoms with Crippen molar-refractivity contribution in [2.45, 2.75) is 59.7 Å². The van der Waals surface area contributed by atoms with E-state index in [0.717, 1.165) is 25.3 Å². The largest absolute Gasteiger partial charge is 0.308 e. The molecule has 0 fully saturated rings. The molecule has 5 nitrogen and oxygen atoms in total. The molecular weight excluding hydrogens is 322 g/mol. The Hall–Kier alpha value is -2.40. The van der Waals surface area contributed by atoms with Crippen LogP contribution < -0.4 is 5.32 Å². The number of rotatable bonds is 6. The van der Waals surface area contributed by atoms with Crippen LogP contribution in [-0.4, -0.2) is 20.0 Å². The predicted molar refractivity (Wildman–Crippen MR) is 105 cm³/mol. The highest BCUT2D eigenvalue weighted by molar-refractivity contribution is 5.27. The van der Waals surface area contributed by atoms with Crippen molar-refractivity contribution in [3.63, 3.8) is 0 Å². The number of hydrogen-bond acceptors (Lipinski definition) is 3. The summed E-state index contributed by atoms with van der Waals surface area (Å²) in [5, 5.41) is 15.7. The van der Waals surface area contributed by atoms with Crippen LogP contribution in [0, 0.1) is 13.8 Å². The molecule has 5 heteroatoms. The van der Waals surface area contributed by atoms with Gasteiger partial charge in [-0.1, -0.05) is 51.1 Å². The molecule has 0 radical (unpaired) electrons. The molecule has 0 atom stereocenters. The fraction of sp³-hybridized carbons (Fsp3) is 0.429. The van der Waals surface area contributed by atoms with Gasteiger partial charge in [0.15, 0.2) is 0 Å². The van der Waals surface area contributed by atoms with Gasteiger partial charge in [-0.05, 0) is 19.4 Å². The highest BCUT2D eigenvalue weighted by atomic mass is 15.3. The third-order valence-corrected chi connectivity index (χ3v) is 4.79. The van der Waals surface area contributed by atoms with E-state index in [1.807, 2.05) is 12.3 Å². The number of aromatic nitrogens is 4. The van der Waals surface area contributed by atoms with Crippen LogP contribution in [0.1, 0.15) is 54.5 Å². The number of hydrogen-bond donors (Lipinski definition) is 2. The molecule has 0 saturated heterocycles. The van der Waals surface area contributed by atoms with E-state index in [4.69, 9.17) is 5.10 Å². The molecule has 0 aliphatic carbocycles. The molecule has 0 saturated carbocycles. The molecule has 2 aromatic heterocycles. The molecule has 0 aliphatic rings. The minimum absolute atomic E-state index is 0.0694. The summed E-state index contributed by atoms with van der Waals surface area (Å²) in [6.45, 7) is 13.3. The summed E-state index contributed by atoms with van der Waals surface area (Å²) in [6, 6.07) is 10.5. The van der Waals surface area contributed by atoms with Crippen LogP contribution in [0.5, 0.6) is 0 Å². The van der Waals surface area contributed by atoms with Crippen molar-refractivity contribution < 1.29 is 0 Å². The SMILES string of the molecule is Cc1nn(Cc2ccccc2)c(C)c1CNCc1cn[nH]c1C(C)(C)C. The first-order chi connectivity index (χ1) is 12.4. The van der Waals surface area contributed by atoms with Crippen molar-refractivity contribution in [2.24, 2.45) is 0 Å². The second-order valence-electron chi connectivity index (χ2n) is 7.92. The number of nitrogens with one attached hydrogen (secondary N) is 2. The molecule has 3 aromatic rings. The third kappa shape index (κ3) is 4.05. The van der Waals surface area contributed by atoms with Crippen molar-refractivity contribution in [2.75, 3.05) is 0 Å². The van der Waals surface area contributed by atoms with E-state index in [2.05, 4.69) is 79.1 Å². The Morgan fingerprint density at radius 2 is 1.81 bits per heavy atom. The minimum atomic E-state index is 0.0694. The van der Waals surface area contributed by atoms with Crippen molar-refractivity contribution in [1.82, 2.24) is 25.3 Å². The Labute approximate surface area is 155 Å². The topological polar surface area (TPSA) is 58.5 Å². The summed E-state index contributed by atoms with van der Waals surface area (Å²) in [5.74, 6) is 0. The molecule has 2 N–H and O–H groups in total. The highest BCUT2D eigenvalue weighted by Crippen LogP contribution is 2.23. The average Bonchev–Trinajstić information content (AvgIpc) is 3.16. The van der Waals surface area contributed by atoms with E-state index in [1.165, 1.54) is 28.1 Å². The lowest BCUT2D eigenvalue weighted by atomic mass is 9.89. The molecule has 0 unspecified atom stereocenters. The smallest absolute Gasteiger partial charge is 0.0662 e. The molecular formula is C21H29N5. The van der Waals surface area contributed by atoms with Gasteiger partial charge in [-0.3, -0.25) is 9.78 Å². The predicted octanol–water partition coefficient (Wildman–Crippen LogP) is 3.86. The Bertz CT molecular complexity index is 852. The normalized spacial score (nSPS) is 11.9. The maximum atomic E-state index is 4.74. The van der Waals surface area contributed by atoms with Crippen LogP contribution in [0.15, 0.2) is 36.5 Å². The van der Waals surface area contributed by atoms with E-state index >= 15 is 0 Å². The Morgan fingerprint density at radius 3 is 2.50 bits per heavy atom. The summed E-state index contributed by atoms with van der Waals surface area (Å²) in [6.07, 6.45) is 1.92. The van der Waals surface area contributed by atoms with Crippen LogP contribution in [-0.2, 0) is 25.0 Å². The lowest BCUT2D eigenvalue weighted by molar-refractivity contribution is 0.553. The molecule has 26 heavy (non-hydrogen) atoms. The van der Waals surface area contributed by atoms with Gasteiger partial charge in [0, 0.05) is 41.0 Å². The molecule has 0 amide bonds. The summed E-state index contributed by atoms with van der Waals surface area (Å²) >= 11 is 0. The minimum Gasteiger partial charge on any atom is -0.308 e. The van der Waals surface area contributed by atoms with Gasteiger partial charge in [0.2, 0.25) is 0 Å². The van der Waals surface area contributed by atoms with Gasteiger partial charge in [0.25, 0.3) is 0 Å². The number of nitrogens with zero attached hydrogens (tertiary/aromatic N) is 3. The highest BCUT2D eigenvalue weighted by Gasteiger charge is 2.20. The van der Waals surface area contributed by atoms with E-state index in [0.29, 0.717) is 0 Å². The zero-order valence-corrected chi connectivity index (χ0v) is 16.4. The summed E-state index contributed by atoms with van der Waals surface area (Å²) in [7, 11) is 0. The molecule has 1 aromatic carbocycles. The van der Waals surface area contributed by atoms with Gasteiger partial charge in [0.1, 0.15) is 0 Å². The zero-order valence-electron chi connectivity index (χ0n) is 16.4. The lowest BCUT2D eigenvalue weighted by Gasteiger charge is -2.18. The quantitative estimate of drug-likeness (QED) is 0.709. The van der Waals surface area contributed by atoms with Gasteiger partial charge in [-0.25, -0.2) is 0 Å². The van der Waals surface area contributed by atoms with E-state index in [1.54, 1.807) is 0 Å². The van der Waals surface area contributed by atoms with Crippen molar-refractivity contribution in [3.8, 4) is 0 Å². The van der Waals surface area contributed by atoms with Crippen LogP contribution in [0.25, 0.3) is 0 Å². The average molecular weight is 351 g/mol. The number of aryl methyl sites for hydroxylation is 1. The standard InChI is InChI=1S/C21H29N5/c1-15-19(13-22-11-18-12-23-24-20(18)21(3,4)5)16(2)26(25-15)14-17-9-7-6-8-10-17/h6-10,12,22H,11,13-14H2,1-5H3,(H,23,24). The molecule has 0 aliphatic heterocycles. The molecule has 2 heterocycles. The first-order valence-corrected chi connectivity index (χ1v) is 9.16. The van der Waals surface area contributed by atoms with Crippen molar-refractivity contribution in [3.05, 3.63) is 70.3 Å². The fourth-order valence-electron chi connectivity index (χ4n) is 3.32. The molecule has 138 valence electrons. The summed E-state index contributed by atoms with van der Waals surface area (Å²) < 4.78 is 2.10. The Morgan fingerprint density at radius 1 is 1.08 bits per heavy atom. The maximum absolute atomic E-state index is 4.74. The van der Waals surface area contributed by atoms with Gasteiger partial charge in [-0.2, -0.15) is 10.2 Å². The van der Waals surface area contributed by atoms with Gasteiger partial charge < -0.3 is 5.32 Å². The molecule has 3 rings (SSSR count). The van der Waals surface area contributed by atoms with Crippen molar-refractivity contribution in [1.29, 1.82) is 0 Å². The maximum Gasteiger partial charge on any atom is 0.0662 e. The van der Waals surface area contributed by atoms with Crippen LogP contribution in [0.4, 0.5) is 0 Å². The van der Waals surface area contributed by atoms with Crippen LogP contribution >= 0.6 is 0 Å². The Kier molecular flexibility index (Phi) is 5.28. The number of H-pyrrole nitrogens is 1. The lowest BCUT2D eigenvalue weighted by Crippen LogP contribution is -2.19. The second kappa shape index (κ2) is 7.46. The van der Waals surface area contributed by atoms with Crippen molar-refractivity contribution >= 4 is 0 Å². The second-order valence-corrected chi connectivity index (χ2v) is 7.92. The van der Waals surface area contributed by atoms with Gasteiger partial charge in [-0.15, -0.1) is 0 Å². The van der Waals surface area contributed by atoms with Gasteiger partial charge in [0.05, 0.1) is 18.4 Å². The van der Waals surface area contributed by atoms with E-state index < -0.39 is 0 Å². The number of benzene rings is 1.